The van der Waals surface area contributed by atoms with E-state index in [-0.39, 0.29) is 12.4 Å². The number of carboxylic acid groups (broad SMARTS) is 1. The monoisotopic (exact) mass is 276 g/mol. The molecule has 1 N–H and O–H groups in total. The summed E-state index contributed by atoms with van der Waals surface area (Å²) in [6, 6.07) is 4.82. The van der Waals surface area contributed by atoms with Gasteiger partial charge in [0, 0.05) is 6.08 Å². The number of halogens is 3. The topological polar surface area (TPSA) is 55.8 Å². The molecule has 0 saturated carbocycles. The van der Waals surface area contributed by atoms with Crippen LogP contribution in [0.15, 0.2) is 35.9 Å². The number of aliphatic carboxylic acids is 1. The Kier molecular flexibility index (Phi) is 4.80. The molecule has 0 saturated heterocycles. The summed E-state index contributed by atoms with van der Waals surface area (Å²) in [5.41, 5.74) is 0.475. The molecule has 4 nitrogen and oxygen atoms in total. The Labute approximate surface area is 107 Å². The van der Waals surface area contributed by atoms with Crippen LogP contribution < -0.4 is 9.47 Å². The minimum atomic E-state index is -4.73. The van der Waals surface area contributed by atoms with Crippen molar-refractivity contribution in [2.75, 3.05) is 6.61 Å². The van der Waals surface area contributed by atoms with Crippen LogP contribution in [0.2, 0.25) is 0 Å². The maximum Gasteiger partial charge on any atom is 0.573 e. The summed E-state index contributed by atoms with van der Waals surface area (Å²) in [5, 5.41) is 8.47. The highest BCUT2D eigenvalue weighted by Gasteiger charge is 2.30. The first kappa shape index (κ1) is 14.9. The Morgan fingerprint density at radius 3 is 2.26 bits per heavy atom. The van der Waals surface area contributed by atoms with Gasteiger partial charge in [0.15, 0.2) is 0 Å². The number of hydrogen-bond donors (Lipinski definition) is 1. The van der Waals surface area contributed by atoms with E-state index < -0.39 is 12.3 Å². The van der Waals surface area contributed by atoms with Crippen molar-refractivity contribution in [1.29, 1.82) is 0 Å². The molecule has 0 unspecified atom stereocenters. The lowest BCUT2D eigenvalue weighted by molar-refractivity contribution is -0.274. The fraction of sp³-hybridized carbons (Fsp3) is 0.250. The van der Waals surface area contributed by atoms with Crippen LogP contribution in [0.1, 0.15) is 6.92 Å². The predicted octanol–water partition coefficient (Wildman–Crippen LogP) is 2.99. The Morgan fingerprint density at radius 2 is 1.79 bits per heavy atom. The van der Waals surface area contributed by atoms with Gasteiger partial charge >= 0.3 is 12.3 Å². The maximum absolute atomic E-state index is 11.9. The van der Waals surface area contributed by atoms with Crippen LogP contribution in [0.5, 0.6) is 11.5 Å². The second-order valence-electron chi connectivity index (χ2n) is 3.64. The van der Waals surface area contributed by atoms with Crippen LogP contribution in [0.3, 0.4) is 0 Å². The van der Waals surface area contributed by atoms with E-state index in [1.807, 2.05) is 0 Å². The lowest BCUT2D eigenvalue weighted by Gasteiger charge is -2.10. The molecule has 1 rings (SSSR count). The standard InChI is InChI=1S/C12H11F3O4/c1-8(6-11(16)17)7-18-9-2-4-10(5-3-9)19-12(13,14)15/h2-6H,7H2,1H3,(H,16,17)/b8-6-. The summed E-state index contributed by atoms with van der Waals surface area (Å²) in [7, 11) is 0. The van der Waals surface area contributed by atoms with Crippen LogP contribution in [0.25, 0.3) is 0 Å². The summed E-state index contributed by atoms with van der Waals surface area (Å²) in [6.07, 6.45) is -3.75. The third kappa shape index (κ3) is 6.35. The van der Waals surface area contributed by atoms with Gasteiger partial charge in [-0.1, -0.05) is 0 Å². The first-order valence-corrected chi connectivity index (χ1v) is 5.15. The molecule has 0 fully saturated rings. The molecule has 1 aromatic carbocycles. The van der Waals surface area contributed by atoms with E-state index in [0.717, 1.165) is 18.2 Å². The number of alkyl halides is 3. The molecule has 1 aromatic rings. The van der Waals surface area contributed by atoms with Crippen molar-refractivity contribution < 1.29 is 32.5 Å². The predicted molar refractivity (Wildman–Crippen MR) is 60.0 cm³/mol. The molecule has 104 valence electrons. The molecule has 0 aliphatic rings. The van der Waals surface area contributed by atoms with Crippen molar-refractivity contribution in [2.24, 2.45) is 0 Å². The van der Waals surface area contributed by atoms with Gasteiger partial charge in [-0.2, -0.15) is 0 Å². The number of hydrogen-bond acceptors (Lipinski definition) is 3. The van der Waals surface area contributed by atoms with Crippen molar-refractivity contribution in [1.82, 2.24) is 0 Å². The van der Waals surface area contributed by atoms with E-state index in [1.165, 1.54) is 12.1 Å². The molecule has 0 aromatic heterocycles. The van der Waals surface area contributed by atoms with Gasteiger partial charge in [0.2, 0.25) is 0 Å². The molecule has 0 atom stereocenters. The highest BCUT2D eigenvalue weighted by Crippen LogP contribution is 2.24. The van der Waals surface area contributed by atoms with Crippen LogP contribution in [-0.4, -0.2) is 24.0 Å². The van der Waals surface area contributed by atoms with Crippen molar-refractivity contribution in [3.8, 4) is 11.5 Å². The van der Waals surface area contributed by atoms with Gasteiger partial charge in [0.25, 0.3) is 0 Å². The molecule has 7 heteroatoms. The van der Waals surface area contributed by atoms with E-state index in [1.54, 1.807) is 6.92 Å². The number of carboxylic acids is 1. The quantitative estimate of drug-likeness (QED) is 0.840. The zero-order valence-corrected chi connectivity index (χ0v) is 9.90. The van der Waals surface area contributed by atoms with Gasteiger partial charge < -0.3 is 14.6 Å². The highest BCUT2D eigenvalue weighted by molar-refractivity contribution is 5.80. The summed E-state index contributed by atoms with van der Waals surface area (Å²) in [5.74, 6) is -1.12. The van der Waals surface area contributed by atoms with E-state index in [0.29, 0.717) is 11.3 Å². The average molecular weight is 276 g/mol. The summed E-state index contributed by atoms with van der Waals surface area (Å²) >= 11 is 0. The molecule has 0 heterocycles. The van der Waals surface area contributed by atoms with Crippen molar-refractivity contribution in [3.05, 3.63) is 35.9 Å². The van der Waals surface area contributed by atoms with Gasteiger partial charge in [0.05, 0.1) is 0 Å². The number of benzene rings is 1. The molecule has 0 amide bonds. The SMILES string of the molecule is C/C(=C/C(=O)O)COc1ccc(OC(F)(F)F)cc1. The first-order valence-electron chi connectivity index (χ1n) is 5.15. The zero-order chi connectivity index (χ0) is 14.5. The second kappa shape index (κ2) is 6.12. The van der Waals surface area contributed by atoms with Crippen LogP contribution in [0.4, 0.5) is 13.2 Å². The minimum absolute atomic E-state index is 0.0335. The normalized spacial score (nSPS) is 12.1. The fourth-order valence-electron chi connectivity index (χ4n) is 1.19. The summed E-state index contributed by atoms with van der Waals surface area (Å²) in [4.78, 5) is 10.3. The zero-order valence-electron chi connectivity index (χ0n) is 9.90. The van der Waals surface area contributed by atoms with Gasteiger partial charge in [-0.15, -0.1) is 13.2 Å². The van der Waals surface area contributed by atoms with Crippen LogP contribution >= 0.6 is 0 Å². The molecular weight excluding hydrogens is 265 g/mol. The van der Waals surface area contributed by atoms with Crippen molar-refractivity contribution in [3.63, 3.8) is 0 Å². The van der Waals surface area contributed by atoms with Crippen LogP contribution in [-0.2, 0) is 4.79 Å². The van der Waals surface area contributed by atoms with E-state index in [9.17, 15) is 18.0 Å². The average Bonchev–Trinajstić information content (AvgIpc) is 2.25. The Bertz CT molecular complexity index is 463. The molecule has 0 radical (unpaired) electrons. The Balaban J connectivity index is 2.56. The first-order chi connectivity index (χ1) is 8.76. The number of ether oxygens (including phenoxy) is 2. The van der Waals surface area contributed by atoms with E-state index in [2.05, 4.69) is 4.74 Å². The Hall–Kier alpha value is -2.18. The fourth-order valence-corrected chi connectivity index (χ4v) is 1.19. The number of rotatable bonds is 5. The largest absolute Gasteiger partial charge is 0.573 e. The summed E-state index contributed by atoms with van der Waals surface area (Å²) < 4.78 is 44.6. The maximum atomic E-state index is 11.9. The third-order valence-corrected chi connectivity index (χ3v) is 1.89. The molecule has 0 aliphatic heterocycles. The third-order valence-electron chi connectivity index (χ3n) is 1.89. The molecule has 0 aliphatic carbocycles. The van der Waals surface area contributed by atoms with Gasteiger partial charge in [-0.05, 0) is 36.8 Å². The lowest BCUT2D eigenvalue weighted by atomic mass is 10.3. The van der Waals surface area contributed by atoms with Crippen molar-refractivity contribution >= 4 is 5.97 Å². The molecule has 0 spiro atoms. The molecule has 0 bridgehead atoms. The van der Waals surface area contributed by atoms with Gasteiger partial charge in [-0.3, -0.25) is 0 Å². The molecule has 19 heavy (non-hydrogen) atoms. The lowest BCUT2D eigenvalue weighted by Crippen LogP contribution is -2.16. The minimum Gasteiger partial charge on any atom is -0.489 e. The van der Waals surface area contributed by atoms with E-state index in [4.69, 9.17) is 9.84 Å². The highest BCUT2D eigenvalue weighted by atomic mass is 19.4. The Morgan fingerprint density at radius 1 is 1.26 bits per heavy atom. The molecular formula is C12H11F3O4. The van der Waals surface area contributed by atoms with Gasteiger partial charge in [-0.25, -0.2) is 4.79 Å². The summed E-state index contributed by atoms with van der Waals surface area (Å²) in [6.45, 7) is 1.60. The van der Waals surface area contributed by atoms with Crippen LogP contribution in [0, 0.1) is 0 Å². The number of carbonyl (C=O) groups is 1. The van der Waals surface area contributed by atoms with E-state index >= 15 is 0 Å². The van der Waals surface area contributed by atoms with Crippen molar-refractivity contribution in [2.45, 2.75) is 13.3 Å². The second-order valence-corrected chi connectivity index (χ2v) is 3.64. The smallest absolute Gasteiger partial charge is 0.489 e. The van der Waals surface area contributed by atoms with Gasteiger partial charge in [0.1, 0.15) is 18.1 Å².